The van der Waals surface area contributed by atoms with Crippen LogP contribution in [0.4, 0.5) is 8.78 Å². The number of aliphatic hydroxyl groups excluding tert-OH is 1. The number of nitrogens with one attached hydrogen (secondary N) is 1. The molecule has 0 aliphatic heterocycles. The zero-order chi connectivity index (χ0) is 18.1. The van der Waals surface area contributed by atoms with Gasteiger partial charge in [-0.25, -0.2) is 8.78 Å². The van der Waals surface area contributed by atoms with Crippen molar-refractivity contribution in [2.75, 3.05) is 7.11 Å². The lowest BCUT2D eigenvalue weighted by Gasteiger charge is -2.38. The smallest absolute Gasteiger partial charge is 0.265 e. The van der Waals surface area contributed by atoms with Crippen LogP contribution in [0.1, 0.15) is 39.0 Å². The number of ether oxygens (including phenoxy) is 1. The summed E-state index contributed by atoms with van der Waals surface area (Å²) < 4.78 is 32.7. The zero-order valence-corrected chi connectivity index (χ0v) is 14.7. The second kappa shape index (κ2) is 7.09. The first-order valence-electron chi connectivity index (χ1n) is 7.97. The Balaban J connectivity index is 1.88. The molecule has 1 saturated carbocycles. The molecule has 1 fully saturated rings. The maximum absolute atomic E-state index is 14.2. The number of halogens is 2. The highest BCUT2D eigenvalue weighted by molar-refractivity contribution is 7.14. The highest BCUT2D eigenvalue weighted by Crippen LogP contribution is 2.39. The third-order valence-corrected chi connectivity index (χ3v) is 5.48. The molecule has 1 heterocycles. The number of aryl methyl sites for hydroxylation is 1. The molecule has 3 rings (SSSR count). The number of carbonyl (C=O) groups is 1. The minimum Gasteiger partial charge on any atom is -0.495 e. The molecule has 2 N–H and O–H groups in total. The summed E-state index contributed by atoms with van der Waals surface area (Å²) in [4.78, 5) is 14.0. The van der Waals surface area contributed by atoms with Crippen molar-refractivity contribution in [2.45, 2.75) is 31.9 Å². The van der Waals surface area contributed by atoms with Gasteiger partial charge in [-0.15, -0.1) is 11.3 Å². The number of amides is 1. The fourth-order valence-electron chi connectivity index (χ4n) is 3.11. The lowest BCUT2D eigenvalue weighted by Crippen LogP contribution is -2.41. The van der Waals surface area contributed by atoms with E-state index in [9.17, 15) is 18.7 Å². The number of rotatable bonds is 5. The van der Waals surface area contributed by atoms with Crippen LogP contribution >= 0.6 is 11.3 Å². The highest BCUT2D eigenvalue weighted by Gasteiger charge is 2.37. The maximum atomic E-state index is 14.2. The summed E-state index contributed by atoms with van der Waals surface area (Å²) in [6.45, 7) is 1.86. The molecule has 7 heteroatoms. The molecule has 0 radical (unpaired) electrons. The third-order valence-electron chi connectivity index (χ3n) is 4.45. The molecule has 4 nitrogen and oxygen atoms in total. The maximum Gasteiger partial charge on any atom is 0.265 e. The molecule has 1 aromatic carbocycles. The van der Waals surface area contributed by atoms with E-state index in [-0.39, 0.29) is 17.4 Å². The monoisotopic (exact) mass is 367 g/mol. The van der Waals surface area contributed by atoms with Crippen molar-refractivity contribution >= 4 is 17.2 Å². The van der Waals surface area contributed by atoms with Crippen molar-refractivity contribution in [1.82, 2.24) is 5.32 Å². The Morgan fingerprint density at radius 3 is 2.68 bits per heavy atom. The Morgan fingerprint density at radius 2 is 2.08 bits per heavy atom. The second-order valence-electron chi connectivity index (χ2n) is 6.26. The van der Waals surface area contributed by atoms with Crippen LogP contribution < -0.4 is 10.1 Å². The Bertz CT molecular complexity index is 787. The van der Waals surface area contributed by atoms with E-state index in [1.54, 1.807) is 6.07 Å². The predicted molar refractivity (Wildman–Crippen MR) is 90.9 cm³/mol. The van der Waals surface area contributed by atoms with Gasteiger partial charge in [0, 0.05) is 16.5 Å². The van der Waals surface area contributed by atoms with Gasteiger partial charge in [-0.3, -0.25) is 4.79 Å². The van der Waals surface area contributed by atoms with Crippen LogP contribution in [-0.2, 0) is 0 Å². The number of hydrogen-bond acceptors (Lipinski definition) is 4. The largest absolute Gasteiger partial charge is 0.495 e. The summed E-state index contributed by atoms with van der Waals surface area (Å²) >= 11 is 1.29. The first kappa shape index (κ1) is 17.8. The van der Waals surface area contributed by atoms with Crippen molar-refractivity contribution in [3.8, 4) is 5.75 Å². The van der Waals surface area contributed by atoms with Crippen LogP contribution in [0.2, 0.25) is 0 Å². The normalized spacial score (nSPS) is 20.7. The Labute approximate surface area is 148 Å². The SMILES string of the molecule is COc1cc(C)sc1C(=O)N[C@H](c1ccc(F)cc1F)C1CC(O)C1. The minimum atomic E-state index is -0.707. The van der Waals surface area contributed by atoms with Gasteiger partial charge < -0.3 is 15.2 Å². The molecule has 0 spiro atoms. The van der Waals surface area contributed by atoms with E-state index < -0.39 is 23.8 Å². The number of aliphatic hydroxyl groups is 1. The fourth-order valence-corrected chi connectivity index (χ4v) is 4.00. The second-order valence-corrected chi connectivity index (χ2v) is 7.51. The number of thiophene rings is 1. The first-order valence-corrected chi connectivity index (χ1v) is 8.79. The van der Waals surface area contributed by atoms with E-state index >= 15 is 0 Å². The molecule has 0 bridgehead atoms. The van der Waals surface area contributed by atoms with Gasteiger partial charge in [0.05, 0.1) is 19.3 Å². The molecule has 1 aromatic heterocycles. The number of benzene rings is 1. The standard InChI is InChI=1S/C18H19F2NO3S/c1-9-5-15(24-2)17(25-9)18(23)21-16(10-6-12(22)7-10)13-4-3-11(19)8-14(13)20/h3-5,8,10,12,16,22H,6-7H2,1-2H3,(H,21,23)/t10?,12?,16-/m0/s1. The van der Waals surface area contributed by atoms with Crippen LogP contribution in [0.15, 0.2) is 24.3 Å². The molecule has 1 atom stereocenters. The van der Waals surface area contributed by atoms with Gasteiger partial charge in [0.25, 0.3) is 5.91 Å². The Kier molecular flexibility index (Phi) is 5.06. The Morgan fingerprint density at radius 1 is 1.36 bits per heavy atom. The quantitative estimate of drug-likeness (QED) is 0.849. The van der Waals surface area contributed by atoms with Gasteiger partial charge in [-0.1, -0.05) is 6.07 Å². The van der Waals surface area contributed by atoms with Crippen molar-refractivity contribution < 1.29 is 23.4 Å². The molecular weight excluding hydrogens is 348 g/mol. The predicted octanol–water partition coefficient (Wildman–Crippen LogP) is 3.59. The number of hydrogen-bond donors (Lipinski definition) is 2. The van der Waals surface area contributed by atoms with Gasteiger partial charge in [0.1, 0.15) is 22.3 Å². The van der Waals surface area contributed by atoms with Crippen LogP contribution in [0.5, 0.6) is 5.75 Å². The summed E-state index contributed by atoms with van der Waals surface area (Å²) in [5.74, 6) is -1.39. The zero-order valence-electron chi connectivity index (χ0n) is 13.9. The van der Waals surface area contributed by atoms with Crippen molar-refractivity contribution in [3.63, 3.8) is 0 Å². The van der Waals surface area contributed by atoms with Crippen LogP contribution in [-0.4, -0.2) is 24.2 Å². The van der Waals surface area contributed by atoms with Crippen molar-refractivity contribution in [1.29, 1.82) is 0 Å². The molecule has 1 amide bonds. The van der Waals surface area contributed by atoms with E-state index in [4.69, 9.17) is 4.74 Å². The molecule has 25 heavy (non-hydrogen) atoms. The van der Waals surface area contributed by atoms with Gasteiger partial charge in [-0.05, 0) is 37.8 Å². The highest BCUT2D eigenvalue weighted by atomic mass is 32.1. The molecule has 0 unspecified atom stereocenters. The van der Waals surface area contributed by atoms with Crippen molar-refractivity contribution in [2.24, 2.45) is 5.92 Å². The summed E-state index contributed by atoms with van der Waals surface area (Å²) in [5.41, 5.74) is 0.221. The fraction of sp³-hybridized carbons (Fsp3) is 0.389. The summed E-state index contributed by atoms with van der Waals surface area (Å²) in [6, 6.07) is 4.45. The molecule has 2 aromatic rings. The van der Waals surface area contributed by atoms with Gasteiger partial charge >= 0.3 is 0 Å². The van der Waals surface area contributed by atoms with Gasteiger partial charge in [0.15, 0.2) is 0 Å². The van der Waals surface area contributed by atoms with Crippen LogP contribution in [0, 0.1) is 24.5 Å². The average Bonchev–Trinajstić information content (AvgIpc) is 2.91. The summed E-state index contributed by atoms with van der Waals surface area (Å²) in [5, 5.41) is 12.4. The number of carbonyl (C=O) groups excluding carboxylic acids is 1. The van der Waals surface area contributed by atoms with E-state index in [1.165, 1.54) is 30.6 Å². The number of methoxy groups -OCH3 is 1. The third kappa shape index (κ3) is 3.67. The molecule has 1 aliphatic rings. The lowest BCUT2D eigenvalue weighted by molar-refractivity contribution is 0.0229. The van der Waals surface area contributed by atoms with E-state index in [2.05, 4.69) is 5.32 Å². The minimum absolute atomic E-state index is 0.106. The molecule has 1 aliphatic carbocycles. The van der Waals surface area contributed by atoms with E-state index in [0.29, 0.717) is 23.5 Å². The first-order chi connectivity index (χ1) is 11.9. The molecular formula is C18H19F2NO3S. The van der Waals surface area contributed by atoms with Gasteiger partial charge in [-0.2, -0.15) is 0 Å². The van der Waals surface area contributed by atoms with Crippen LogP contribution in [0.3, 0.4) is 0 Å². The lowest BCUT2D eigenvalue weighted by atomic mass is 9.75. The summed E-state index contributed by atoms with van der Waals surface area (Å²) in [7, 11) is 1.48. The van der Waals surface area contributed by atoms with Gasteiger partial charge in [0.2, 0.25) is 0 Å². The topological polar surface area (TPSA) is 58.6 Å². The average molecular weight is 367 g/mol. The summed E-state index contributed by atoms with van der Waals surface area (Å²) in [6.07, 6.45) is 0.469. The molecule has 0 saturated heterocycles. The van der Waals surface area contributed by atoms with E-state index in [1.807, 2.05) is 6.92 Å². The molecule has 134 valence electrons. The van der Waals surface area contributed by atoms with E-state index in [0.717, 1.165) is 10.9 Å². The van der Waals surface area contributed by atoms with Crippen molar-refractivity contribution in [3.05, 3.63) is 51.2 Å². The van der Waals surface area contributed by atoms with Crippen LogP contribution in [0.25, 0.3) is 0 Å². The Hall–Kier alpha value is -1.99.